The van der Waals surface area contributed by atoms with Crippen LogP contribution < -0.4 is 29.6 Å². The molecule has 0 saturated carbocycles. The van der Waals surface area contributed by atoms with Gasteiger partial charge in [-0.2, -0.15) is 0 Å². The Labute approximate surface area is 139 Å². The summed E-state index contributed by atoms with van der Waals surface area (Å²) in [4.78, 5) is 23.0. The summed E-state index contributed by atoms with van der Waals surface area (Å²) >= 11 is 0. The number of carbonyl (C=O) groups is 2. The first-order chi connectivity index (χ1) is 8.99. The first-order valence-corrected chi connectivity index (χ1v) is 5.97. The van der Waals surface area contributed by atoms with Gasteiger partial charge in [-0.05, 0) is 19.1 Å². The second-order valence-electron chi connectivity index (χ2n) is 4.53. The zero-order valence-electron chi connectivity index (χ0n) is 11.9. The van der Waals surface area contributed by atoms with Crippen LogP contribution in [0.4, 0.5) is 0 Å². The van der Waals surface area contributed by atoms with Gasteiger partial charge in [-0.3, -0.25) is 9.59 Å². The minimum Gasteiger partial charge on any atom is -0.481 e. The Morgan fingerprint density at radius 2 is 1.70 bits per heavy atom. The van der Waals surface area contributed by atoms with Crippen LogP contribution in [0.2, 0.25) is 0 Å². The number of ketones is 1. The predicted octanol–water partition coefficient (Wildman–Crippen LogP) is -0.804. The molecular formula is C15H15NNaO3+. The van der Waals surface area contributed by atoms with Crippen LogP contribution in [-0.4, -0.2) is 21.4 Å². The second-order valence-corrected chi connectivity index (χ2v) is 4.53. The number of carboxylic acids is 1. The van der Waals surface area contributed by atoms with E-state index in [1.54, 1.807) is 35.9 Å². The molecule has 1 aromatic heterocycles. The van der Waals surface area contributed by atoms with Crippen molar-refractivity contribution in [3.8, 4) is 0 Å². The fourth-order valence-electron chi connectivity index (χ4n) is 1.97. The molecule has 5 heteroatoms. The summed E-state index contributed by atoms with van der Waals surface area (Å²) < 4.78 is 1.64. The maximum atomic E-state index is 12.3. The topological polar surface area (TPSA) is 59.3 Å². The summed E-state index contributed by atoms with van der Waals surface area (Å²) in [6, 6.07) is 10.7. The van der Waals surface area contributed by atoms with Gasteiger partial charge >= 0.3 is 35.5 Å². The van der Waals surface area contributed by atoms with E-state index in [-0.39, 0.29) is 41.8 Å². The zero-order chi connectivity index (χ0) is 14.0. The molecule has 0 saturated heterocycles. The summed E-state index contributed by atoms with van der Waals surface area (Å²) in [5, 5.41) is 8.79. The zero-order valence-corrected chi connectivity index (χ0v) is 13.9. The molecule has 0 aliphatic heterocycles. The van der Waals surface area contributed by atoms with Crippen molar-refractivity contribution in [2.45, 2.75) is 13.3 Å². The van der Waals surface area contributed by atoms with E-state index in [9.17, 15) is 9.59 Å². The van der Waals surface area contributed by atoms with Crippen molar-refractivity contribution in [2.75, 3.05) is 0 Å². The molecule has 2 rings (SSSR count). The Morgan fingerprint density at radius 1 is 1.10 bits per heavy atom. The summed E-state index contributed by atoms with van der Waals surface area (Å²) in [6.45, 7) is 1.96. The average Bonchev–Trinajstić information content (AvgIpc) is 2.70. The number of nitrogens with zero attached hydrogens (tertiary/aromatic N) is 1. The minimum atomic E-state index is -0.907. The van der Waals surface area contributed by atoms with Gasteiger partial charge in [0.25, 0.3) is 0 Å². The third-order valence-electron chi connectivity index (χ3n) is 3.10. The molecule has 0 radical (unpaired) electrons. The number of rotatable bonds is 4. The van der Waals surface area contributed by atoms with Gasteiger partial charge in [-0.25, -0.2) is 0 Å². The second kappa shape index (κ2) is 6.88. The Balaban J connectivity index is 0.00000200. The monoisotopic (exact) mass is 280 g/mol. The number of hydrogen-bond donors (Lipinski definition) is 1. The van der Waals surface area contributed by atoms with Gasteiger partial charge in [0.1, 0.15) is 0 Å². The third kappa shape index (κ3) is 3.60. The van der Waals surface area contributed by atoms with E-state index in [2.05, 4.69) is 0 Å². The van der Waals surface area contributed by atoms with Crippen molar-refractivity contribution >= 4 is 11.8 Å². The summed E-state index contributed by atoms with van der Waals surface area (Å²) in [5.74, 6) is -1.00. The molecule has 0 amide bonds. The first kappa shape index (κ1) is 16.7. The predicted molar refractivity (Wildman–Crippen MR) is 71.4 cm³/mol. The fraction of sp³-hybridized carbons (Fsp3) is 0.200. The van der Waals surface area contributed by atoms with Crippen LogP contribution in [0.15, 0.2) is 36.4 Å². The van der Waals surface area contributed by atoms with Crippen LogP contribution in [0.25, 0.3) is 0 Å². The Bertz CT molecular complexity index is 629. The molecule has 20 heavy (non-hydrogen) atoms. The molecule has 0 unspecified atom stereocenters. The van der Waals surface area contributed by atoms with Crippen LogP contribution in [0.3, 0.4) is 0 Å². The van der Waals surface area contributed by atoms with Gasteiger partial charge in [-0.1, -0.05) is 29.8 Å². The van der Waals surface area contributed by atoms with Gasteiger partial charge in [0.2, 0.25) is 5.78 Å². The van der Waals surface area contributed by atoms with E-state index in [0.29, 0.717) is 17.0 Å². The largest absolute Gasteiger partial charge is 1.00 e. The normalized spacial score (nSPS) is 9.90. The first-order valence-electron chi connectivity index (χ1n) is 5.97. The van der Waals surface area contributed by atoms with Gasteiger partial charge in [0.15, 0.2) is 0 Å². The minimum absolute atomic E-state index is 0. The molecule has 1 aromatic carbocycles. The van der Waals surface area contributed by atoms with Crippen LogP contribution >= 0.6 is 0 Å². The van der Waals surface area contributed by atoms with Crippen molar-refractivity contribution in [1.82, 2.24) is 4.57 Å². The average molecular weight is 280 g/mol. The summed E-state index contributed by atoms with van der Waals surface area (Å²) in [6.07, 6.45) is -0.0856. The van der Waals surface area contributed by atoms with E-state index >= 15 is 0 Å². The van der Waals surface area contributed by atoms with E-state index in [4.69, 9.17) is 5.11 Å². The van der Waals surface area contributed by atoms with Crippen LogP contribution in [0, 0.1) is 6.92 Å². The number of aryl methyl sites for hydroxylation is 1. The maximum Gasteiger partial charge on any atom is 1.00 e. The van der Waals surface area contributed by atoms with Crippen molar-refractivity contribution < 1.29 is 44.3 Å². The van der Waals surface area contributed by atoms with E-state index < -0.39 is 5.97 Å². The number of aliphatic carboxylic acids is 1. The quantitative estimate of drug-likeness (QED) is 0.589. The van der Waals surface area contributed by atoms with E-state index in [1.165, 1.54) is 0 Å². The van der Waals surface area contributed by atoms with Gasteiger partial charge in [-0.15, -0.1) is 0 Å². The van der Waals surface area contributed by atoms with Crippen LogP contribution in [-0.2, 0) is 18.3 Å². The Kier molecular flexibility index (Phi) is 5.74. The molecule has 0 aliphatic carbocycles. The molecule has 1 N–H and O–H groups in total. The van der Waals surface area contributed by atoms with E-state index in [0.717, 1.165) is 5.56 Å². The molecule has 0 atom stereocenters. The number of aromatic nitrogens is 1. The summed E-state index contributed by atoms with van der Waals surface area (Å²) in [7, 11) is 1.71. The Morgan fingerprint density at radius 3 is 2.25 bits per heavy atom. The number of benzene rings is 1. The molecule has 2 aromatic rings. The SMILES string of the molecule is Cc1ccc(C(=O)c2ccc(CC(=O)O)n2C)cc1.[Na+]. The van der Waals surface area contributed by atoms with Gasteiger partial charge < -0.3 is 9.67 Å². The molecule has 1 heterocycles. The van der Waals surface area contributed by atoms with Crippen LogP contribution in [0.1, 0.15) is 27.3 Å². The Hall–Kier alpha value is -1.36. The van der Waals surface area contributed by atoms with Crippen molar-refractivity contribution in [1.29, 1.82) is 0 Å². The van der Waals surface area contributed by atoms with Gasteiger partial charge in [0, 0.05) is 18.3 Å². The van der Waals surface area contributed by atoms with Crippen LogP contribution in [0.5, 0.6) is 0 Å². The van der Waals surface area contributed by atoms with E-state index in [1.807, 2.05) is 19.1 Å². The molecule has 98 valence electrons. The van der Waals surface area contributed by atoms with Crippen molar-refractivity contribution in [3.63, 3.8) is 0 Å². The molecule has 0 fully saturated rings. The molecule has 4 nitrogen and oxygen atoms in total. The number of hydrogen-bond acceptors (Lipinski definition) is 2. The molecule has 0 spiro atoms. The summed E-state index contributed by atoms with van der Waals surface area (Å²) in [5.41, 5.74) is 2.81. The van der Waals surface area contributed by atoms with Crippen molar-refractivity contribution in [3.05, 3.63) is 58.9 Å². The third-order valence-corrected chi connectivity index (χ3v) is 3.10. The smallest absolute Gasteiger partial charge is 0.481 e. The fourth-order valence-corrected chi connectivity index (χ4v) is 1.97. The number of carboxylic acid groups (broad SMARTS) is 1. The maximum absolute atomic E-state index is 12.3. The number of carbonyl (C=O) groups excluding carboxylic acids is 1. The molecule has 0 aliphatic rings. The molecule has 0 bridgehead atoms. The standard InChI is InChI=1S/C15H15NO3.Na/c1-10-3-5-11(6-4-10)15(19)13-8-7-12(16(13)2)9-14(17)18;/h3-8H,9H2,1-2H3,(H,17,18);/q;+1. The van der Waals surface area contributed by atoms with Crippen molar-refractivity contribution in [2.24, 2.45) is 7.05 Å². The van der Waals surface area contributed by atoms with Gasteiger partial charge in [0.05, 0.1) is 12.1 Å². The molecular weight excluding hydrogens is 265 g/mol.